The second-order valence-electron chi connectivity index (χ2n) is 2.66. The fraction of sp³-hybridized carbons (Fsp3) is 0.182. The van der Waals surface area contributed by atoms with E-state index in [1.165, 1.54) is 12.1 Å². The number of ether oxygens (including phenoxy) is 1. The summed E-state index contributed by atoms with van der Waals surface area (Å²) in [5.41, 5.74) is 0.818. The summed E-state index contributed by atoms with van der Waals surface area (Å²) in [6.45, 7) is 2.34. The van der Waals surface area contributed by atoms with E-state index in [-0.39, 0.29) is 5.75 Å². The molecule has 0 unspecified atom stereocenters. The van der Waals surface area contributed by atoms with E-state index in [9.17, 15) is 9.90 Å². The van der Waals surface area contributed by atoms with Crippen molar-refractivity contribution >= 4 is 12.4 Å². The summed E-state index contributed by atoms with van der Waals surface area (Å²) in [7, 11) is 0. The van der Waals surface area contributed by atoms with Gasteiger partial charge in [0, 0.05) is 0 Å². The summed E-state index contributed by atoms with van der Waals surface area (Å²) < 4.78 is 5.19. The van der Waals surface area contributed by atoms with E-state index in [1.54, 1.807) is 18.2 Å². The fourth-order valence-electron chi connectivity index (χ4n) is 1.06. The maximum absolute atomic E-state index is 10.1. The Hall–Kier alpha value is -1.77. The molecule has 1 rings (SSSR count). The number of rotatable bonds is 4. The van der Waals surface area contributed by atoms with E-state index in [1.807, 2.05) is 6.92 Å². The zero-order chi connectivity index (χ0) is 10.4. The first-order valence-corrected chi connectivity index (χ1v) is 4.35. The van der Waals surface area contributed by atoms with E-state index >= 15 is 0 Å². The average molecular weight is 192 g/mol. The molecule has 1 N–H and O–H groups in total. The topological polar surface area (TPSA) is 46.5 Å². The zero-order valence-corrected chi connectivity index (χ0v) is 7.93. The van der Waals surface area contributed by atoms with Crippen molar-refractivity contribution in [3.8, 4) is 11.5 Å². The number of phenols is 1. The molecule has 0 aliphatic heterocycles. The number of carbonyl (C=O) groups is 1. The summed E-state index contributed by atoms with van der Waals surface area (Å²) in [5.74, 6) is 0.538. The SMILES string of the molecule is CCOc1cc(C=CC=O)ccc1O. The minimum atomic E-state index is 0.107. The van der Waals surface area contributed by atoms with Gasteiger partial charge in [-0.2, -0.15) is 0 Å². The predicted molar refractivity (Wildman–Crippen MR) is 54.4 cm³/mol. The van der Waals surface area contributed by atoms with E-state index < -0.39 is 0 Å². The van der Waals surface area contributed by atoms with Crippen molar-refractivity contribution in [2.45, 2.75) is 6.92 Å². The maximum Gasteiger partial charge on any atom is 0.161 e. The van der Waals surface area contributed by atoms with Crippen LogP contribution in [0, 0.1) is 0 Å². The molecule has 0 aliphatic carbocycles. The molecule has 0 aromatic heterocycles. The third-order valence-corrected chi connectivity index (χ3v) is 1.65. The summed E-state index contributed by atoms with van der Waals surface area (Å²) in [4.78, 5) is 10.1. The number of hydrogen-bond donors (Lipinski definition) is 1. The van der Waals surface area contributed by atoms with Crippen LogP contribution >= 0.6 is 0 Å². The van der Waals surface area contributed by atoms with Gasteiger partial charge < -0.3 is 9.84 Å². The number of hydrogen-bond acceptors (Lipinski definition) is 3. The molecule has 0 bridgehead atoms. The Morgan fingerprint density at radius 3 is 2.93 bits per heavy atom. The Bertz CT molecular complexity index is 342. The van der Waals surface area contributed by atoms with Crippen molar-refractivity contribution in [3.05, 3.63) is 29.8 Å². The average Bonchev–Trinajstić information content (AvgIpc) is 2.19. The van der Waals surface area contributed by atoms with Crippen LogP contribution in [0.15, 0.2) is 24.3 Å². The number of aromatic hydroxyl groups is 1. The van der Waals surface area contributed by atoms with E-state index in [0.717, 1.165) is 5.56 Å². The van der Waals surface area contributed by atoms with E-state index in [0.29, 0.717) is 18.6 Å². The van der Waals surface area contributed by atoms with Gasteiger partial charge in [0.1, 0.15) is 6.29 Å². The Morgan fingerprint density at radius 1 is 1.50 bits per heavy atom. The fourth-order valence-corrected chi connectivity index (χ4v) is 1.06. The van der Waals surface area contributed by atoms with Crippen molar-refractivity contribution in [3.63, 3.8) is 0 Å². The van der Waals surface area contributed by atoms with Crippen molar-refractivity contribution in [2.75, 3.05) is 6.61 Å². The van der Waals surface area contributed by atoms with Gasteiger partial charge in [0.15, 0.2) is 11.5 Å². The molecule has 3 heteroatoms. The minimum absolute atomic E-state index is 0.107. The highest BCUT2D eigenvalue weighted by molar-refractivity contribution is 5.74. The summed E-state index contributed by atoms with van der Waals surface area (Å²) in [6.07, 6.45) is 3.74. The number of aldehydes is 1. The molecule has 0 fully saturated rings. The van der Waals surface area contributed by atoms with Crippen LogP contribution < -0.4 is 4.74 Å². The molecule has 0 amide bonds. The molecule has 0 radical (unpaired) electrons. The van der Waals surface area contributed by atoms with Crippen LogP contribution in [0.25, 0.3) is 6.08 Å². The van der Waals surface area contributed by atoms with Crippen LogP contribution in [0.4, 0.5) is 0 Å². The monoisotopic (exact) mass is 192 g/mol. The number of phenolic OH excluding ortho intramolecular Hbond substituents is 1. The van der Waals surface area contributed by atoms with Crippen LogP contribution in [0.1, 0.15) is 12.5 Å². The molecule has 0 saturated heterocycles. The lowest BCUT2D eigenvalue weighted by molar-refractivity contribution is -0.104. The molecule has 0 spiro atoms. The third-order valence-electron chi connectivity index (χ3n) is 1.65. The van der Waals surface area contributed by atoms with Gasteiger partial charge in [-0.3, -0.25) is 4.79 Å². The van der Waals surface area contributed by atoms with Crippen LogP contribution in [-0.2, 0) is 4.79 Å². The summed E-state index contributed by atoms with van der Waals surface area (Å²) in [6, 6.07) is 4.92. The lowest BCUT2D eigenvalue weighted by Crippen LogP contribution is -1.91. The third kappa shape index (κ3) is 2.62. The molecule has 0 atom stereocenters. The first kappa shape index (κ1) is 10.3. The van der Waals surface area contributed by atoms with Crippen LogP contribution in [0.3, 0.4) is 0 Å². The Morgan fingerprint density at radius 2 is 2.29 bits per heavy atom. The van der Waals surface area contributed by atoms with E-state index in [4.69, 9.17) is 4.74 Å². The van der Waals surface area contributed by atoms with Crippen LogP contribution in [-0.4, -0.2) is 18.0 Å². The lowest BCUT2D eigenvalue weighted by Gasteiger charge is -2.05. The highest BCUT2D eigenvalue weighted by Crippen LogP contribution is 2.27. The van der Waals surface area contributed by atoms with Gasteiger partial charge in [-0.15, -0.1) is 0 Å². The maximum atomic E-state index is 10.1. The van der Waals surface area contributed by atoms with Crippen molar-refractivity contribution in [1.29, 1.82) is 0 Å². The van der Waals surface area contributed by atoms with Crippen LogP contribution in [0.2, 0.25) is 0 Å². The Balaban J connectivity index is 2.93. The second kappa shape index (κ2) is 5.07. The summed E-state index contributed by atoms with van der Waals surface area (Å²) >= 11 is 0. The van der Waals surface area contributed by atoms with Gasteiger partial charge in [0.25, 0.3) is 0 Å². The molecular weight excluding hydrogens is 180 g/mol. The normalized spacial score (nSPS) is 10.4. The predicted octanol–water partition coefficient (Wildman–Crippen LogP) is 2.00. The molecule has 74 valence electrons. The highest BCUT2D eigenvalue weighted by atomic mass is 16.5. The van der Waals surface area contributed by atoms with E-state index in [2.05, 4.69) is 0 Å². The molecule has 0 saturated carbocycles. The van der Waals surface area contributed by atoms with Gasteiger partial charge in [-0.25, -0.2) is 0 Å². The largest absolute Gasteiger partial charge is 0.504 e. The first-order chi connectivity index (χ1) is 6.77. The second-order valence-corrected chi connectivity index (χ2v) is 2.66. The lowest BCUT2D eigenvalue weighted by atomic mass is 10.2. The molecule has 3 nitrogen and oxygen atoms in total. The summed E-state index contributed by atoms with van der Waals surface area (Å²) in [5, 5.41) is 9.37. The molecule has 1 aromatic carbocycles. The minimum Gasteiger partial charge on any atom is -0.504 e. The van der Waals surface area contributed by atoms with Gasteiger partial charge in [0.05, 0.1) is 6.61 Å². The van der Waals surface area contributed by atoms with Gasteiger partial charge >= 0.3 is 0 Å². The highest BCUT2D eigenvalue weighted by Gasteiger charge is 2.00. The number of carbonyl (C=O) groups excluding carboxylic acids is 1. The van der Waals surface area contributed by atoms with Gasteiger partial charge in [-0.05, 0) is 30.7 Å². The molecular formula is C11H12O3. The molecule has 1 aromatic rings. The van der Waals surface area contributed by atoms with Crippen molar-refractivity contribution < 1.29 is 14.6 Å². The molecule has 0 heterocycles. The van der Waals surface area contributed by atoms with Gasteiger partial charge in [-0.1, -0.05) is 12.1 Å². The smallest absolute Gasteiger partial charge is 0.161 e. The zero-order valence-electron chi connectivity index (χ0n) is 7.93. The molecule has 0 aliphatic rings. The van der Waals surface area contributed by atoms with Crippen LogP contribution in [0.5, 0.6) is 11.5 Å². The Kier molecular flexibility index (Phi) is 3.73. The quantitative estimate of drug-likeness (QED) is 0.586. The van der Waals surface area contributed by atoms with Gasteiger partial charge in [0.2, 0.25) is 0 Å². The van der Waals surface area contributed by atoms with Crippen molar-refractivity contribution in [1.82, 2.24) is 0 Å². The first-order valence-electron chi connectivity index (χ1n) is 4.35. The standard InChI is InChI=1S/C11H12O3/c1-2-14-11-8-9(4-3-7-12)5-6-10(11)13/h3-8,13H,2H2,1H3. The number of allylic oxidation sites excluding steroid dienone is 1. The van der Waals surface area contributed by atoms with Crippen molar-refractivity contribution in [2.24, 2.45) is 0 Å². The molecule has 14 heavy (non-hydrogen) atoms. The number of benzene rings is 1. The Labute approximate surface area is 82.6 Å².